The summed E-state index contributed by atoms with van der Waals surface area (Å²) in [7, 11) is 0. The molecule has 0 fully saturated rings. The molecular weight excluding hydrogens is 343 g/mol. The molecule has 21 heavy (non-hydrogen) atoms. The maximum atomic E-state index is 13.6. The Bertz CT molecular complexity index is 692. The topological polar surface area (TPSA) is 78.4 Å². The number of halogens is 2. The first-order valence-corrected chi connectivity index (χ1v) is 6.85. The van der Waals surface area contributed by atoms with Crippen LogP contribution in [0.1, 0.15) is 18.5 Å². The summed E-state index contributed by atoms with van der Waals surface area (Å²) in [5.74, 6) is -0.458. The maximum absolute atomic E-state index is 13.6. The van der Waals surface area contributed by atoms with E-state index in [9.17, 15) is 14.5 Å². The van der Waals surface area contributed by atoms with Crippen molar-refractivity contribution in [3.63, 3.8) is 0 Å². The molecule has 1 unspecified atom stereocenters. The summed E-state index contributed by atoms with van der Waals surface area (Å²) in [6.07, 6.45) is 0. The minimum Gasteiger partial charge on any atom is -0.450 e. The molecule has 5 nitrogen and oxygen atoms in total. The molecule has 0 bridgehead atoms. The van der Waals surface area contributed by atoms with Gasteiger partial charge in [-0.1, -0.05) is 18.2 Å². The fourth-order valence-corrected chi connectivity index (χ4v) is 2.14. The van der Waals surface area contributed by atoms with Crippen molar-refractivity contribution in [1.82, 2.24) is 0 Å². The van der Waals surface area contributed by atoms with E-state index in [-0.39, 0.29) is 22.0 Å². The van der Waals surface area contributed by atoms with Gasteiger partial charge < -0.3 is 10.5 Å². The van der Waals surface area contributed by atoms with Gasteiger partial charge in [0, 0.05) is 23.7 Å². The van der Waals surface area contributed by atoms with Gasteiger partial charge in [0.25, 0.3) is 0 Å². The molecule has 0 heterocycles. The van der Waals surface area contributed by atoms with Crippen molar-refractivity contribution in [2.75, 3.05) is 0 Å². The Labute approximate surface area is 128 Å². The third-order valence-corrected chi connectivity index (χ3v) is 3.44. The molecule has 0 radical (unpaired) electrons. The highest BCUT2D eigenvalue weighted by molar-refractivity contribution is 9.10. The predicted molar refractivity (Wildman–Crippen MR) is 79.9 cm³/mol. The van der Waals surface area contributed by atoms with Gasteiger partial charge in [0.15, 0.2) is 0 Å². The van der Waals surface area contributed by atoms with Gasteiger partial charge >= 0.3 is 5.69 Å². The van der Waals surface area contributed by atoms with Crippen LogP contribution in [0.2, 0.25) is 0 Å². The van der Waals surface area contributed by atoms with Crippen LogP contribution in [-0.4, -0.2) is 4.92 Å². The van der Waals surface area contributed by atoms with Crippen LogP contribution in [0.5, 0.6) is 11.5 Å². The van der Waals surface area contributed by atoms with E-state index in [2.05, 4.69) is 15.9 Å². The fourth-order valence-electron chi connectivity index (χ4n) is 1.81. The van der Waals surface area contributed by atoms with Gasteiger partial charge in [0.1, 0.15) is 11.6 Å². The lowest BCUT2D eigenvalue weighted by atomic mass is 10.1. The van der Waals surface area contributed by atoms with Crippen molar-refractivity contribution < 1.29 is 14.1 Å². The fraction of sp³-hybridized carbons (Fsp3) is 0.143. The van der Waals surface area contributed by atoms with Crippen LogP contribution in [0.3, 0.4) is 0 Å². The molecule has 1 atom stereocenters. The highest BCUT2D eigenvalue weighted by atomic mass is 79.9. The second-order valence-corrected chi connectivity index (χ2v) is 5.27. The van der Waals surface area contributed by atoms with Crippen molar-refractivity contribution in [2.45, 2.75) is 13.0 Å². The quantitative estimate of drug-likeness (QED) is 0.655. The summed E-state index contributed by atoms with van der Waals surface area (Å²) in [4.78, 5) is 10.4. The zero-order valence-corrected chi connectivity index (χ0v) is 12.6. The number of nitro benzene ring substituents is 1. The Balaban J connectivity index is 2.49. The first-order valence-electron chi connectivity index (χ1n) is 6.06. The minimum absolute atomic E-state index is 0.00188. The van der Waals surface area contributed by atoms with Crippen LogP contribution in [0.25, 0.3) is 0 Å². The molecule has 2 aromatic rings. The smallest absolute Gasteiger partial charge is 0.312 e. The van der Waals surface area contributed by atoms with Gasteiger partial charge in [-0.2, -0.15) is 0 Å². The summed E-state index contributed by atoms with van der Waals surface area (Å²) >= 11 is 2.92. The van der Waals surface area contributed by atoms with Crippen molar-refractivity contribution >= 4 is 21.6 Å². The van der Waals surface area contributed by atoms with Crippen LogP contribution in [-0.2, 0) is 0 Å². The molecule has 0 aliphatic heterocycles. The maximum Gasteiger partial charge on any atom is 0.312 e. The Hall–Kier alpha value is -1.99. The van der Waals surface area contributed by atoms with E-state index in [1.807, 2.05) is 0 Å². The predicted octanol–water partition coefficient (Wildman–Crippen LogP) is 4.31. The lowest BCUT2D eigenvalue weighted by Crippen LogP contribution is -2.06. The van der Waals surface area contributed by atoms with Crippen molar-refractivity contribution in [3.05, 3.63) is 62.4 Å². The van der Waals surface area contributed by atoms with E-state index in [0.717, 1.165) is 12.1 Å². The first-order chi connectivity index (χ1) is 9.90. The summed E-state index contributed by atoms with van der Waals surface area (Å²) < 4.78 is 19.1. The normalized spacial score (nSPS) is 12.0. The van der Waals surface area contributed by atoms with E-state index in [0.29, 0.717) is 11.3 Å². The Morgan fingerprint density at radius 2 is 2.00 bits per heavy atom. The van der Waals surface area contributed by atoms with Crippen LogP contribution in [0.15, 0.2) is 40.9 Å². The zero-order valence-electron chi connectivity index (χ0n) is 11.0. The van der Waals surface area contributed by atoms with Gasteiger partial charge in [0.2, 0.25) is 5.75 Å². The number of rotatable bonds is 4. The van der Waals surface area contributed by atoms with Gasteiger partial charge in [-0.05, 0) is 28.9 Å². The number of hydrogen-bond donors (Lipinski definition) is 1. The number of ether oxygens (including phenoxy) is 1. The van der Waals surface area contributed by atoms with E-state index < -0.39 is 10.7 Å². The Morgan fingerprint density at radius 1 is 1.33 bits per heavy atom. The monoisotopic (exact) mass is 354 g/mol. The SMILES string of the molecule is CC(N)c1ccccc1Oc1cc(F)c(Br)cc1[N+](=O)[O-]. The van der Waals surface area contributed by atoms with Crippen LogP contribution >= 0.6 is 15.9 Å². The molecule has 0 saturated heterocycles. The number of para-hydroxylation sites is 1. The van der Waals surface area contributed by atoms with Crippen molar-refractivity contribution in [3.8, 4) is 11.5 Å². The third kappa shape index (κ3) is 3.37. The molecule has 0 aliphatic carbocycles. The minimum atomic E-state index is -0.645. The molecular formula is C14H12BrFN2O3. The standard InChI is InChI=1S/C14H12BrFN2O3/c1-8(17)9-4-2-3-5-13(9)21-14-7-11(16)10(15)6-12(14)18(19)20/h2-8H,17H2,1H3. The number of hydrogen-bond acceptors (Lipinski definition) is 4. The number of nitrogens with two attached hydrogens (primary N) is 1. The summed E-state index contributed by atoms with van der Waals surface area (Å²) in [6.45, 7) is 1.76. The molecule has 2 N–H and O–H groups in total. The Kier molecular flexibility index (Phi) is 4.54. The second-order valence-electron chi connectivity index (χ2n) is 4.42. The molecule has 0 aromatic heterocycles. The zero-order chi connectivity index (χ0) is 15.6. The summed E-state index contributed by atoms with van der Waals surface area (Å²) in [6, 6.07) is 8.59. The molecule has 7 heteroatoms. The molecule has 0 saturated carbocycles. The Morgan fingerprint density at radius 3 is 2.62 bits per heavy atom. The highest BCUT2D eigenvalue weighted by Crippen LogP contribution is 2.37. The molecule has 2 rings (SSSR count). The molecule has 0 amide bonds. The molecule has 0 spiro atoms. The third-order valence-electron chi connectivity index (χ3n) is 2.83. The van der Waals surface area contributed by atoms with Crippen LogP contribution < -0.4 is 10.5 Å². The first kappa shape index (κ1) is 15.4. The summed E-state index contributed by atoms with van der Waals surface area (Å²) in [5.41, 5.74) is 6.17. The second kappa shape index (κ2) is 6.19. The van der Waals surface area contributed by atoms with Gasteiger partial charge in [-0.15, -0.1) is 0 Å². The number of benzene rings is 2. The number of nitro groups is 1. The largest absolute Gasteiger partial charge is 0.450 e. The van der Waals surface area contributed by atoms with Crippen molar-refractivity contribution in [2.24, 2.45) is 5.73 Å². The van der Waals surface area contributed by atoms with E-state index in [4.69, 9.17) is 10.5 Å². The highest BCUT2D eigenvalue weighted by Gasteiger charge is 2.20. The van der Waals surface area contributed by atoms with E-state index >= 15 is 0 Å². The lowest BCUT2D eigenvalue weighted by molar-refractivity contribution is -0.385. The van der Waals surface area contributed by atoms with Crippen LogP contribution in [0.4, 0.5) is 10.1 Å². The van der Waals surface area contributed by atoms with Crippen molar-refractivity contribution in [1.29, 1.82) is 0 Å². The van der Waals surface area contributed by atoms with Gasteiger partial charge in [-0.3, -0.25) is 10.1 Å². The van der Waals surface area contributed by atoms with Gasteiger partial charge in [-0.25, -0.2) is 4.39 Å². The molecule has 0 aliphatic rings. The average Bonchev–Trinajstić information content (AvgIpc) is 2.42. The summed E-state index contributed by atoms with van der Waals surface area (Å²) in [5, 5.41) is 11.1. The lowest BCUT2D eigenvalue weighted by Gasteiger charge is -2.13. The molecule has 110 valence electrons. The number of nitrogens with zero attached hydrogens (tertiary/aromatic N) is 1. The molecule has 2 aromatic carbocycles. The van der Waals surface area contributed by atoms with Crippen LogP contribution in [0, 0.1) is 15.9 Å². The van der Waals surface area contributed by atoms with Gasteiger partial charge in [0.05, 0.1) is 9.40 Å². The average molecular weight is 355 g/mol. The van der Waals surface area contributed by atoms with E-state index in [1.54, 1.807) is 31.2 Å². The van der Waals surface area contributed by atoms with E-state index in [1.165, 1.54) is 0 Å².